The lowest BCUT2D eigenvalue weighted by Gasteiger charge is -2.05. The third-order valence-corrected chi connectivity index (χ3v) is 3.27. The lowest BCUT2D eigenvalue weighted by Crippen LogP contribution is -2.12. The highest BCUT2D eigenvalue weighted by Gasteiger charge is 2.11. The highest BCUT2D eigenvalue weighted by atomic mass is 35.5. The van der Waals surface area contributed by atoms with Gasteiger partial charge in [-0.25, -0.2) is 15.0 Å². The van der Waals surface area contributed by atoms with Gasteiger partial charge in [0.15, 0.2) is 5.16 Å². The van der Waals surface area contributed by atoms with Crippen molar-refractivity contribution in [3.8, 4) is 0 Å². The van der Waals surface area contributed by atoms with E-state index in [1.165, 1.54) is 11.8 Å². The molecule has 17 heavy (non-hydrogen) atoms. The number of halogens is 1. The summed E-state index contributed by atoms with van der Waals surface area (Å²) < 4.78 is 0. The van der Waals surface area contributed by atoms with E-state index in [0.717, 1.165) is 0 Å². The molecule has 0 bridgehead atoms. The van der Waals surface area contributed by atoms with E-state index in [9.17, 15) is 0 Å². The second-order valence-corrected chi connectivity index (χ2v) is 4.36. The summed E-state index contributed by atoms with van der Waals surface area (Å²) in [5, 5.41) is 8.80. The number of pyridine rings is 1. The third-order valence-electron chi connectivity index (χ3n) is 1.88. The van der Waals surface area contributed by atoms with Crippen LogP contribution in [0.3, 0.4) is 0 Å². The van der Waals surface area contributed by atoms with Crippen LogP contribution in [0.15, 0.2) is 40.9 Å². The van der Waals surface area contributed by atoms with Crippen molar-refractivity contribution in [2.45, 2.75) is 10.2 Å². The Labute approximate surface area is 107 Å². The molecular weight excluding hydrogens is 258 g/mol. The quantitative estimate of drug-likeness (QED) is 0.503. The highest BCUT2D eigenvalue weighted by Crippen LogP contribution is 2.30. The average Bonchev–Trinajstić information content (AvgIpc) is 2.33. The molecule has 0 aromatic carbocycles. The molecule has 5 nitrogen and oxygen atoms in total. The maximum Gasteiger partial charge on any atom is 0.193 e. The first kappa shape index (κ1) is 11.8. The Morgan fingerprint density at radius 1 is 1.24 bits per heavy atom. The van der Waals surface area contributed by atoms with E-state index in [-0.39, 0.29) is 5.84 Å². The minimum absolute atomic E-state index is 0.0896. The van der Waals surface area contributed by atoms with Gasteiger partial charge in [-0.05, 0) is 23.9 Å². The van der Waals surface area contributed by atoms with Gasteiger partial charge in [-0.2, -0.15) is 0 Å². The van der Waals surface area contributed by atoms with Crippen molar-refractivity contribution in [3.63, 3.8) is 0 Å². The number of hydrogen-bond acceptors (Lipinski definition) is 5. The van der Waals surface area contributed by atoms with Crippen molar-refractivity contribution in [1.29, 1.82) is 5.41 Å². The van der Waals surface area contributed by atoms with Gasteiger partial charge >= 0.3 is 0 Å². The molecule has 2 heterocycles. The molecule has 86 valence electrons. The molecule has 0 aliphatic carbocycles. The molecule has 0 unspecified atom stereocenters. The fourth-order valence-electron chi connectivity index (χ4n) is 1.13. The van der Waals surface area contributed by atoms with E-state index in [2.05, 4.69) is 15.0 Å². The molecule has 0 radical (unpaired) electrons. The topological polar surface area (TPSA) is 88.5 Å². The Morgan fingerprint density at radius 3 is 2.59 bits per heavy atom. The second kappa shape index (κ2) is 5.11. The van der Waals surface area contributed by atoms with Crippen LogP contribution in [0.1, 0.15) is 5.56 Å². The maximum atomic E-state index is 7.38. The van der Waals surface area contributed by atoms with Gasteiger partial charge in [-0.3, -0.25) is 5.41 Å². The summed E-state index contributed by atoms with van der Waals surface area (Å²) in [4.78, 5) is 12.2. The normalized spacial score (nSPS) is 10.2. The van der Waals surface area contributed by atoms with Crippen LogP contribution in [0.5, 0.6) is 0 Å². The standard InChI is InChI=1S/C10H8ClN5S/c11-7-6(8(12)13)2-5-14-9(7)17-10-15-3-1-4-16-10/h1-5H,(H3,12,13). The van der Waals surface area contributed by atoms with Gasteiger partial charge in [0.1, 0.15) is 10.9 Å². The van der Waals surface area contributed by atoms with Gasteiger partial charge in [0.2, 0.25) is 0 Å². The van der Waals surface area contributed by atoms with Crippen LogP contribution in [0.25, 0.3) is 0 Å². The molecule has 0 atom stereocenters. The number of nitrogens with zero attached hydrogens (tertiary/aromatic N) is 3. The number of amidine groups is 1. The number of rotatable bonds is 3. The molecule has 2 aromatic heterocycles. The molecule has 2 aromatic rings. The van der Waals surface area contributed by atoms with Gasteiger partial charge < -0.3 is 5.73 Å². The molecular formula is C10H8ClN5S. The molecule has 0 spiro atoms. The van der Waals surface area contributed by atoms with Crippen LogP contribution in [0, 0.1) is 5.41 Å². The third kappa shape index (κ3) is 2.72. The summed E-state index contributed by atoms with van der Waals surface area (Å²) in [5.41, 5.74) is 5.87. The molecule has 0 aliphatic rings. The fourth-order valence-corrected chi connectivity index (χ4v) is 2.17. The van der Waals surface area contributed by atoms with Crippen molar-refractivity contribution in [3.05, 3.63) is 41.3 Å². The van der Waals surface area contributed by atoms with Gasteiger partial charge in [0.25, 0.3) is 0 Å². The smallest absolute Gasteiger partial charge is 0.193 e. The highest BCUT2D eigenvalue weighted by molar-refractivity contribution is 7.99. The van der Waals surface area contributed by atoms with E-state index in [1.54, 1.807) is 30.7 Å². The van der Waals surface area contributed by atoms with Gasteiger partial charge in [-0.15, -0.1) is 0 Å². The number of hydrogen-bond donors (Lipinski definition) is 2. The zero-order valence-corrected chi connectivity index (χ0v) is 10.2. The molecule has 0 aliphatic heterocycles. The molecule has 0 saturated carbocycles. The van der Waals surface area contributed by atoms with E-state index >= 15 is 0 Å². The first-order valence-electron chi connectivity index (χ1n) is 4.62. The van der Waals surface area contributed by atoms with E-state index < -0.39 is 0 Å². The lowest BCUT2D eigenvalue weighted by atomic mass is 10.2. The van der Waals surface area contributed by atoms with Crippen molar-refractivity contribution in [2.24, 2.45) is 5.73 Å². The Kier molecular flexibility index (Phi) is 3.55. The van der Waals surface area contributed by atoms with Gasteiger partial charge in [0.05, 0.1) is 5.02 Å². The van der Waals surface area contributed by atoms with E-state index in [0.29, 0.717) is 20.8 Å². The largest absolute Gasteiger partial charge is 0.384 e. The molecule has 7 heteroatoms. The average molecular weight is 266 g/mol. The van der Waals surface area contributed by atoms with Crippen LogP contribution < -0.4 is 5.73 Å². The first-order chi connectivity index (χ1) is 8.18. The summed E-state index contributed by atoms with van der Waals surface area (Å²) in [6.45, 7) is 0. The van der Waals surface area contributed by atoms with Crippen LogP contribution >= 0.6 is 23.4 Å². The second-order valence-electron chi connectivity index (χ2n) is 3.02. The molecule has 0 saturated heterocycles. The Morgan fingerprint density at radius 2 is 1.94 bits per heavy atom. The summed E-state index contributed by atoms with van der Waals surface area (Å²) in [6.07, 6.45) is 4.82. The van der Waals surface area contributed by atoms with Crippen molar-refractivity contribution < 1.29 is 0 Å². The van der Waals surface area contributed by atoms with Crippen molar-refractivity contribution in [1.82, 2.24) is 15.0 Å². The number of nitrogens with two attached hydrogens (primary N) is 1. The molecule has 0 fully saturated rings. The lowest BCUT2D eigenvalue weighted by molar-refractivity contribution is 0.960. The zero-order chi connectivity index (χ0) is 12.3. The summed E-state index contributed by atoms with van der Waals surface area (Å²) in [7, 11) is 0. The van der Waals surface area contributed by atoms with Crippen LogP contribution in [0.2, 0.25) is 5.02 Å². The summed E-state index contributed by atoms with van der Waals surface area (Å²) in [5.74, 6) is -0.0896. The summed E-state index contributed by atoms with van der Waals surface area (Å²) in [6, 6.07) is 3.33. The number of aromatic nitrogens is 3. The van der Waals surface area contributed by atoms with Gasteiger partial charge in [0, 0.05) is 24.2 Å². The predicted molar refractivity (Wildman–Crippen MR) is 66.4 cm³/mol. The summed E-state index contributed by atoms with van der Waals surface area (Å²) >= 11 is 7.32. The van der Waals surface area contributed by atoms with Crippen LogP contribution in [0.4, 0.5) is 0 Å². The minimum atomic E-state index is -0.0896. The van der Waals surface area contributed by atoms with Crippen LogP contribution in [-0.4, -0.2) is 20.8 Å². The SMILES string of the molecule is N=C(N)c1ccnc(Sc2ncccn2)c1Cl. The first-order valence-corrected chi connectivity index (χ1v) is 5.81. The van der Waals surface area contributed by atoms with Gasteiger partial charge in [-0.1, -0.05) is 11.6 Å². The van der Waals surface area contributed by atoms with Crippen molar-refractivity contribution in [2.75, 3.05) is 0 Å². The number of nitrogens with one attached hydrogen (secondary N) is 1. The molecule has 2 rings (SSSR count). The fraction of sp³-hybridized carbons (Fsp3) is 0. The van der Waals surface area contributed by atoms with E-state index in [1.807, 2.05) is 0 Å². The van der Waals surface area contributed by atoms with Crippen LogP contribution in [-0.2, 0) is 0 Å². The zero-order valence-electron chi connectivity index (χ0n) is 8.59. The van der Waals surface area contributed by atoms with Crippen molar-refractivity contribution >= 4 is 29.2 Å². The predicted octanol–water partition coefficient (Wildman–Crippen LogP) is 1.96. The monoisotopic (exact) mass is 265 g/mol. The number of nitrogen functional groups attached to an aromatic ring is 1. The van der Waals surface area contributed by atoms with E-state index in [4.69, 9.17) is 22.7 Å². The Hall–Kier alpha value is -1.66. The molecule has 0 amide bonds. The Bertz CT molecular complexity index is 546. The minimum Gasteiger partial charge on any atom is -0.384 e. The maximum absolute atomic E-state index is 7.38. The molecule has 3 N–H and O–H groups in total. The Balaban J connectivity index is 2.34.